The van der Waals surface area contributed by atoms with Crippen LogP contribution in [0.2, 0.25) is 0 Å². The summed E-state index contributed by atoms with van der Waals surface area (Å²) in [5.74, 6) is 2.12. The molecule has 130 valence electrons. The van der Waals surface area contributed by atoms with Crippen molar-refractivity contribution in [3.8, 4) is 0 Å². The van der Waals surface area contributed by atoms with Gasteiger partial charge in [-0.3, -0.25) is 4.79 Å². The van der Waals surface area contributed by atoms with Gasteiger partial charge in [0.2, 0.25) is 5.91 Å². The van der Waals surface area contributed by atoms with Crippen molar-refractivity contribution in [3.05, 3.63) is 35.9 Å². The monoisotopic (exact) mass is 326 g/mol. The zero-order chi connectivity index (χ0) is 16.5. The van der Waals surface area contributed by atoms with Crippen LogP contribution in [0, 0.1) is 17.8 Å². The quantitative estimate of drug-likeness (QED) is 0.892. The van der Waals surface area contributed by atoms with Crippen molar-refractivity contribution in [1.29, 1.82) is 0 Å². The van der Waals surface area contributed by atoms with Crippen LogP contribution in [0.5, 0.6) is 0 Å². The molecule has 3 aliphatic carbocycles. The number of fused-ring (bicyclic) bond motifs is 2. The van der Waals surface area contributed by atoms with E-state index in [1.54, 1.807) is 0 Å². The highest BCUT2D eigenvalue weighted by atomic mass is 16.1. The Balaban J connectivity index is 1.41. The van der Waals surface area contributed by atoms with Crippen LogP contribution < -0.4 is 11.1 Å². The topological polar surface area (TPSA) is 55.1 Å². The third-order valence-electron chi connectivity index (χ3n) is 6.86. The molecule has 4 rings (SSSR count). The number of carbonyl (C=O) groups excluding carboxylic acids is 1. The zero-order valence-corrected chi connectivity index (χ0v) is 14.5. The highest BCUT2D eigenvalue weighted by Gasteiger charge is 2.41. The Kier molecular flexibility index (Phi) is 4.62. The molecule has 24 heavy (non-hydrogen) atoms. The van der Waals surface area contributed by atoms with Crippen LogP contribution in [-0.4, -0.2) is 18.0 Å². The van der Waals surface area contributed by atoms with Crippen LogP contribution in [0.3, 0.4) is 0 Å². The highest BCUT2D eigenvalue weighted by Crippen LogP contribution is 2.42. The second-order valence-electron chi connectivity index (χ2n) is 8.26. The minimum atomic E-state index is 0.192. The number of nitrogens with two attached hydrogens (primary N) is 1. The molecule has 3 nitrogen and oxygen atoms in total. The molecule has 3 heteroatoms. The van der Waals surface area contributed by atoms with E-state index in [9.17, 15) is 4.79 Å². The van der Waals surface area contributed by atoms with Gasteiger partial charge in [-0.2, -0.15) is 0 Å². The molecule has 0 radical (unpaired) electrons. The number of carbonyl (C=O) groups is 1. The van der Waals surface area contributed by atoms with Crippen LogP contribution >= 0.6 is 0 Å². The fourth-order valence-corrected chi connectivity index (χ4v) is 5.54. The van der Waals surface area contributed by atoms with Crippen LogP contribution in [0.25, 0.3) is 0 Å². The molecule has 2 bridgehead atoms. The number of benzene rings is 1. The number of hydrogen-bond donors (Lipinski definition) is 2. The molecule has 3 fully saturated rings. The van der Waals surface area contributed by atoms with E-state index < -0.39 is 0 Å². The number of hydrogen-bond acceptors (Lipinski definition) is 2. The molecule has 3 saturated carbocycles. The Morgan fingerprint density at radius 1 is 0.958 bits per heavy atom. The van der Waals surface area contributed by atoms with Crippen molar-refractivity contribution in [2.45, 2.75) is 69.4 Å². The molecule has 0 aromatic heterocycles. The van der Waals surface area contributed by atoms with E-state index in [2.05, 4.69) is 35.6 Å². The summed E-state index contributed by atoms with van der Waals surface area (Å²) in [4.78, 5) is 12.9. The summed E-state index contributed by atoms with van der Waals surface area (Å²) in [7, 11) is 0. The Morgan fingerprint density at radius 3 is 2.33 bits per heavy atom. The first-order valence-electron chi connectivity index (χ1n) is 9.83. The minimum Gasteiger partial charge on any atom is -0.353 e. The number of amides is 1. The van der Waals surface area contributed by atoms with Gasteiger partial charge in [-0.05, 0) is 55.9 Å². The van der Waals surface area contributed by atoms with Crippen molar-refractivity contribution in [3.63, 3.8) is 0 Å². The van der Waals surface area contributed by atoms with E-state index in [1.807, 2.05) is 0 Å². The molecule has 0 spiro atoms. The molecule has 0 saturated heterocycles. The van der Waals surface area contributed by atoms with E-state index in [0.29, 0.717) is 35.7 Å². The van der Waals surface area contributed by atoms with E-state index in [-0.39, 0.29) is 5.92 Å². The van der Waals surface area contributed by atoms with Gasteiger partial charge in [0.1, 0.15) is 0 Å². The third kappa shape index (κ3) is 3.11. The van der Waals surface area contributed by atoms with Gasteiger partial charge in [-0.15, -0.1) is 0 Å². The highest BCUT2D eigenvalue weighted by molar-refractivity contribution is 5.79. The van der Waals surface area contributed by atoms with Gasteiger partial charge in [0.15, 0.2) is 0 Å². The molecule has 3 N–H and O–H groups in total. The van der Waals surface area contributed by atoms with Gasteiger partial charge in [0.05, 0.1) is 0 Å². The van der Waals surface area contributed by atoms with Crippen LogP contribution in [0.4, 0.5) is 0 Å². The van der Waals surface area contributed by atoms with E-state index in [4.69, 9.17) is 5.73 Å². The molecular formula is C21H30N2O. The summed E-state index contributed by atoms with van der Waals surface area (Å²) >= 11 is 0. The van der Waals surface area contributed by atoms with Gasteiger partial charge >= 0.3 is 0 Å². The van der Waals surface area contributed by atoms with E-state index in [1.165, 1.54) is 37.7 Å². The summed E-state index contributed by atoms with van der Waals surface area (Å²) < 4.78 is 0. The summed E-state index contributed by atoms with van der Waals surface area (Å²) in [5, 5.41) is 3.42. The summed E-state index contributed by atoms with van der Waals surface area (Å²) in [6, 6.07) is 11.3. The molecule has 3 aliphatic rings. The molecule has 1 aromatic carbocycles. The molecule has 4 atom stereocenters. The molecule has 1 amide bonds. The second-order valence-corrected chi connectivity index (χ2v) is 8.26. The SMILES string of the molecule is NC1C2CCCC1CC(C(=O)NC1CCCC1c1ccccc1)C2. The minimum absolute atomic E-state index is 0.192. The van der Waals surface area contributed by atoms with Crippen LogP contribution in [-0.2, 0) is 4.79 Å². The van der Waals surface area contributed by atoms with Gasteiger partial charge < -0.3 is 11.1 Å². The first-order chi connectivity index (χ1) is 11.7. The Hall–Kier alpha value is -1.35. The molecule has 0 aliphatic heterocycles. The predicted octanol–water partition coefficient (Wildman–Crippen LogP) is 3.59. The lowest BCUT2D eigenvalue weighted by Gasteiger charge is -2.43. The average Bonchev–Trinajstić information content (AvgIpc) is 3.03. The molecule has 0 heterocycles. The Labute approximate surface area is 145 Å². The summed E-state index contributed by atoms with van der Waals surface area (Å²) in [6.07, 6.45) is 9.27. The summed E-state index contributed by atoms with van der Waals surface area (Å²) in [5.41, 5.74) is 7.75. The van der Waals surface area contributed by atoms with E-state index >= 15 is 0 Å². The predicted molar refractivity (Wildman–Crippen MR) is 96.5 cm³/mol. The first-order valence-corrected chi connectivity index (χ1v) is 9.83. The summed E-state index contributed by atoms with van der Waals surface area (Å²) in [6.45, 7) is 0. The second kappa shape index (κ2) is 6.87. The number of rotatable bonds is 3. The van der Waals surface area contributed by atoms with Crippen molar-refractivity contribution >= 4 is 5.91 Å². The van der Waals surface area contributed by atoms with Crippen molar-refractivity contribution in [2.24, 2.45) is 23.5 Å². The van der Waals surface area contributed by atoms with Crippen molar-refractivity contribution in [1.82, 2.24) is 5.32 Å². The lowest BCUT2D eigenvalue weighted by atomic mass is 9.65. The smallest absolute Gasteiger partial charge is 0.223 e. The maximum Gasteiger partial charge on any atom is 0.223 e. The van der Waals surface area contributed by atoms with Crippen LogP contribution in [0.1, 0.15) is 62.8 Å². The maximum atomic E-state index is 12.9. The molecule has 4 unspecified atom stereocenters. The fourth-order valence-electron chi connectivity index (χ4n) is 5.54. The average molecular weight is 326 g/mol. The Bertz CT molecular complexity index is 558. The van der Waals surface area contributed by atoms with Crippen molar-refractivity contribution < 1.29 is 4.79 Å². The number of nitrogens with one attached hydrogen (secondary N) is 1. The third-order valence-corrected chi connectivity index (χ3v) is 6.86. The molecule has 1 aromatic rings. The van der Waals surface area contributed by atoms with E-state index in [0.717, 1.165) is 19.3 Å². The van der Waals surface area contributed by atoms with Gasteiger partial charge in [-0.25, -0.2) is 0 Å². The Morgan fingerprint density at radius 2 is 1.62 bits per heavy atom. The lowest BCUT2D eigenvalue weighted by Crippen LogP contribution is -2.50. The van der Waals surface area contributed by atoms with Crippen molar-refractivity contribution in [2.75, 3.05) is 0 Å². The zero-order valence-electron chi connectivity index (χ0n) is 14.5. The maximum absolute atomic E-state index is 12.9. The van der Waals surface area contributed by atoms with Gasteiger partial charge in [-0.1, -0.05) is 43.2 Å². The first kappa shape index (κ1) is 16.1. The van der Waals surface area contributed by atoms with Gasteiger partial charge in [0.25, 0.3) is 0 Å². The normalized spacial score (nSPS) is 38.7. The van der Waals surface area contributed by atoms with Gasteiger partial charge in [0, 0.05) is 23.9 Å². The van der Waals surface area contributed by atoms with Crippen LogP contribution in [0.15, 0.2) is 30.3 Å². The lowest BCUT2D eigenvalue weighted by molar-refractivity contribution is -0.128. The molecular weight excluding hydrogens is 296 g/mol. The standard InChI is InChI=1S/C21H30N2O/c22-20-15-8-4-9-16(20)13-17(12-15)21(24)23-19-11-5-10-18(19)14-6-2-1-3-7-14/h1-3,6-7,15-20H,4-5,8-13,22H2,(H,23,24). The fraction of sp³-hybridized carbons (Fsp3) is 0.667. The largest absolute Gasteiger partial charge is 0.353 e.